The van der Waals surface area contributed by atoms with Crippen LogP contribution < -0.4 is 14.8 Å². The quantitative estimate of drug-likeness (QED) is 0.837. The summed E-state index contributed by atoms with van der Waals surface area (Å²) in [6, 6.07) is 5.80. The highest BCUT2D eigenvalue weighted by atomic mass is 16.5. The average Bonchev–Trinajstić information content (AvgIpc) is 2.56. The van der Waals surface area contributed by atoms with Gasteiger partial charge in [-0.25, -0.2) is 0 Å². The number of ether oxygens (including phenoxy) is 2. The van der Waals surface area contributed by atoms with E-state index in [9.17, 15) is 4.79 Å². The van der Waals surface area contributed by atoms with Crippen molar-refractivity contribution in [3.63, 3.8) is 0 Å². The number of carbonyl (C=O) groups is 1. The number of hydrogen-bond acceptors (Lipinski definition) is 4. The van der Waals surface area contributed by atoms with Crippen molar-refractivity contribution < 1.29 is 14.3 Å². The van der Waals surface area contributed by atoms with Crippen LogP contribution in [0, 0.1) is 12.8 Å². The highest BCUT2D eigenvalue weighted by molar-refractivity contribution is 5.76. The second kappa shape index (κ2) is 8.77. The lowest BCUT2D eigenvalue weighted by Gasteiger charge is -2.32. The predicted octanol–water partition coefficient (Wildman–Crippen LogP) is 2.23. The number of piperidine rings is 1. The normalized spacial score (nSPS) is 17.9. The van der Waals surface area contributed by atoms with Crippen LogP contribution in [0.4, 0.5) is 0 Å². The van der Waals surface area contributed by atoms with Gasteiger partial charge in [-0.2, -0.15) is 0 Å². The largest absolute Gasteiger partial charge is 0.493 e. The van der Waals surface area contributed by atoms with Crippen LogP contribution in [0.5, 0.6) is 11.5 Å². The molecule has 2 rings (SSSR count). The second-order valence-corrected chi connectivity index (χ2v) is 6.16. The Bertz CT molecular complexity index is 517. The number of hydrogen-bond donors (Lipinski definition) is 1. The van der Waals surface area contributed by atoms with Gasteiger partial charge in [-0.15, -0.1) is 0 Å². The van der Waals surface area contributed by atoms with Crippen LogP contribution in [-0.4, -0.2) is 51.2 Å². The van der Waals surface area contributed by atoms with Crippen molar-refractivity contribution in [3.8, 4) is 11.5 Å². The minimum absolute atomic E-state index is 0.178. The summed E-state index contributed by atoms with van der Waals surface area (Å²) in [6.07, 6.45) is 2.69. The van der Waals surface area contributed by atoms with Crippen LogP contribution in [-0.2, 0) is 4.79 Å². The van der Waals surface area contributed by atoms with Gasteiger partial charge in [-0.1, -0.05) is 6.07 Å². The van der Waals surface area contributed by atoms with Gasteiger partial charge in [0, 0.05) is 13.1 Å². The number of methoxy groups -OCH3 is 1. The van der Waals surface area contributed by atoms with Gasteiger partial charge in [0.2, 0.25) is 5.91 Å². The lowest BCUT2D eigenvalue weighted by molar-refractivity contribution is -0.133. The first-order valence-electron chi connectivity index (χ1n) is 8.34. The van der Waals surface area contributed by atoms with Gasteiger partial charge >= 0.3 is 0 Å². The molecule has 128 valence electrons. The fourth-order valence-corrected chi connectivity index (χ4v) is 3.05. The number of carbonyl (C=O) groups excluding carboxylic acids is 1. The first-order chi connectivity index (χ1) is 11.1. The van der Waals surface area contributed by atoms with Gasteiger partial charge in [0.1, 0.15) is 0 Å². The molecule has 0 saturated carbocycles. The van der Waals surface area contributed by atoms with Crippen LogP contribution in [0.15, 0.2) is 18.2 Å². The molecule has 0 unspecified atom stereocenters. The van der Waals surface area contributed by atoms with E-state index in [1.165, 1.54) is 6.42 Å². The van der Waals surface area contributed by atoms with Crippen LogP contribution in [0.3, 0.4) is 0 Å². The number of nitrogens with zero attached hydrogens (tertiary/aromatic N) is 1. The fraction of sp³-hybridized carbons (Fsp3) is 0.611. The molecule has 1 N–H and O–H groups in total. The Morgan fingerprint density at radius 2 is 2.22 bits per heavy atom. The number of likely N-dealkylation sites (tertiary alicyclic amines) is 1. The average molecular weight is 320 g/mol. The molecule has 1 aliphatic rings. The monoisotopic (exact) mass is 320 g/mol. The maximum Gasteiger partial charge on any atom is 0.226 e. The maximum absolute atomic E-state index is 12.3. The third-order valence-electron chi connectivity index (χ3n) is 4.26. The molecule has 1 fully saturated rings. The summed E-state index contributed by atoms with van der Waals surface area (Å²) in [5.74, 6) is 2.15. The van der Waals surface area contributed by atoms with E-state index < -0.39 is 0 Å². The summed E-state index contributed by atoms with van der Waals surface area (Å²) >= 11 is 0. The zero-order valence-corrected chi connectivity index (χ0v) is 14.4. The maximum atomic E-state index is 12.3. The predicted molar refractivity (Wildman–Crippen MR) is 91.1 cm³/mol. The molecule has 0 aliphatic carbocycles. The Balaban J connectivity index is 1.80. The van der Waals surface area contributed by atoms with Gasteiger partial charge in [-0.3, -0.25) is 4.79 Å². The molecule has 1 aliphatic heterocycles. The Morgan fingerprint density at radius 1 is 1.39 bits per heavy atom. The van der Waals surface area contributed by atoms with E-state index in [-0.39, 0.29) is 5.91 Å². The lowest BCUT2D eigenvalue weighted by atomic mass is 9.98. The smallest absolute Gasteiger partial charge is 0.226 e. The number of aryl methyl sites for hydroxylation is 1. The SMILES string of the molecule is CNC[C@H]1CCCN(C(=O)CCOc2ccc(C)cc2OC)C1. The standard InChI is InChI=1S/C18H28N2O3/c1-14-6-7-16(17(11-14)22-3)23-10-8-18(21)20-9-4-5-15(13-20)12-19-2/h6-7,11,15,19H,4-5,8-10,12-13H2,1-3H3/t15-/m1/s1. The number of benzene rings is 1. The lowest BCUT2D eigenvalue weighted by Crippen LogP contribution is -2.42. The Labute approximate surface area is 139 Å². The highest BCUT2D eigenvalue weighted by Crippen LogP contribution is 2.27. The Kier molecular flexibility index (Phi) is 6.71. The summed E-state index contributed by atoms with van der Waals surface area (Å²) in [5.41, 5.74) is 1.12. The van der Waals surface area contributed by atoms with Crippen molar-refractivity contribution >= 4 is 5.91 Å². The van der Waals surface area contributed by atoms with E-state index in [1.807, 2.05) is 37.1 Å². The van der Waals surface area contributed by atoms with E-state index in [0.717, 1.165) is 31.6 Å². The van der Waals surface area contributed by atoms with E-state index in [2.05, 4.69) is 5.32 Å². The van der Waals surface area contributed by atoms with Crippen molar-refractivity contribution in [1.29, 1.82) is 0 Å². The molecule has 0 spiro atoms. The van der Waals surface area contributed by atoms with Gasteiger partial charge in [-0.05, 0) is 57.0 Å². The van der Waals surface area contributed by atoms with Crippen LogP contribution in [0.25, 0.3) is 0 Å². The van der Waals surface area contributed by atoms with Crippen molar-refractivity contribution in [2.24, 2.45) is 5.92 Å². The highest BCUT2D eigenvalue weighted by Gasteiger charge is 2.23. The molecule has 1 atom stereocenters. The summed E-state index contributed by atoms with van der Waals surface area (Å²) < 4.78 is 11.0. The molecule has 1 heterocycles. The molecular formula is C18H28N2O3. The van der Waals surface area contributed by atoms with Crippen LogP contribution in [0.2, 0.25) is 0 Å². The molecule has 1 saturated heterocycles. The summed E-state index contributed by atoms with van der Waals surface area (Å²) in [4.78, 5) is 14.3. The summed E-state index contributed by atoms with van der Waals surface area (Å²) in [6.45, 7) is 5.08. The first kappa shape index (κ1) is 17.6. The van der Waals surface area contributed by atoms with Gasteiger partial charge in [0.05, 0.1) is 20.1 Å². The minimum Gasteiger partial charge on any atom is -0.493 e. The molecule has 0 bridgehead atoms. The van der Waals surface area contributed by atoms with Crippen molar-refractivity contribution in [2.75, 3.05) is 40.4 Å². The Hall–Kier alpha value is -1.75. The molecule has 5 nitrogen and oxygen atoms in total. The molecule has 0 radical (unpaired) electrons. The molecule has 0 aromatic heterocycles. The number of nitrogens with one attached hydrogen (secondary N) is 1. The van der Waals surface area contributed by atoms with Crippen LogP contribution in [0.1, 0.15) is 24.8 Å². The van der Waals surface area contributed by atoms with Crippen molar-refractivity contribution in [3.05, 3.63) is 23.8 Å². The van der Waals surface area contributed by atoms with E-state index in [4.69, 9.17) is 9.47 Å². The fourth-order valence-electron chi connectivity index (χ4n) is 3.05. The van der Waals surface area contributed by atoms with Crippen molar-refractivity contribution in [2.45, 2.75) is 26.2 Å². The van der Waals surface area contributed by atoms with Crippen molar-refractivity contribution in [1.82, 2.24) is 10.2 Å². The van der Waals surface area contributed by atoms with E-state index in [1.54, 1.807) is 7.11 Å². The van der Waals surface area contributed by atoms with Crippen LogP contribution >= 0.6 is 0 Å². The molecule has 1 amide bonds. The Morgan fingerprint density at radius 3 is 2.96 bits per heavy atom. The zero-order valence-electron chi connectivity index (χ0n) is 14.4. The third kappa shape index (κ3) is 5.13. The molecule has 1 aromatic rings. The minimum atomic E-state index is 0.178. The number of rotatable bonds is 7. The molecule has 1 aromatic carbocycles. The molecule has 23 heavy (non-hydrogen) atoms. The molecular weight excluding hydrogens is 292 g/mol. The van der Waals surface area contributed by atoms with Gasteiger partial charge < -0.3 is 19.7 Å². The topological polar surface area (TPSA) is 50.8 Å². The molecule has 5 heteroatoms. The number of amides is 1. The first-order valence-corrected chi connectivity index (χ1v) is 8.34. The second-order valence-electron chi connectivity index (χ2n) is 6.16. The zero-order chi connectivity index (χ0) is 16.7. The van der Waals surface area contributed by atoms with Gasteiger partial charge in [0.15, 0.2) is 11.5 Å². The van der Waals surface area contributed by atoms with E-state index >= 15 is 0 Å². The van der Waals surface area contributed by atoms with Gasteiger partial charge in [0.25, 0.3) is 0 Å². The summed E-state index contributed by atoms with van der Waals surface area (Å²) in [7, 11) is 3.59. The summed E-state index contributed by atoms with van der Waals surface area (Å²) in [5, 5.41) is 3.20. The van der Waals surface area contributed by atoms with E-state index in [0.29, 0.717) is 30.4 Å². The third-order valence-corrected chi connectivity index (χ3v) is 4.26.